The number of amides is 2. The van der Waals surface area contributed by atoms with Crippen molar-refractivity contribution in [3.63, 3.8) is 0 Å². The van der Waals surface area contributed by atoms with E-state index in [9.17, 15) is 13.2 Å². The average Bonchev–Trinajstić information content (AvgIpc) is 2.72. The van der Waals surface area contributed by atoms with Gasteiger partial charge in [0.15, 0.2) is 9.84 Å². The maximum absolute atomic E-state index is 12.5. The Kier molecular flexibility index (Phi) is 5.38. The highest BCUT2D eigenvalue weighted by Crippen LogP contribution is 2.25. The van der Waals surface area contributed by atoms with Gasteiger partial charge >= 0.3 is 6.03 Å². The van der Waals surface area contributed by atoms with Crippen LogP contribution >= 0.6 is 0 Å². The van der Waals surface area contributed by atoms with Gasteiger partial charge in [0.1, 0.15) is 5.82 Å². The number of carbonyl (C=O) groups excluding carboxylic acids is 1. The van der Waals surface area contributed by atoms with Gasteiger partial charge in [-0.25, -0.2) is 18.2 Å². The second kappa shape index (κ2) is 7.40. The normalized spacial score (nSPS) is 22.5. The minimum absolute atomic E-state index is 0.0123. The van der Waals surface area contributed by atoms with E-state index in [4.69, 9.17) is 4.74 Å². The van der Waals surface area contributed by atoms with E-state index in [-0.39, 0.29) is 18.3 Å². The highest BCUT2D eigenvalue weighted by molar-refractivity contribution is 7.92. The van der Waals surface area contributed by atoms with E-state index in [1.54, 1.807) is 24.9 Å². The average molecular weight is 382 g/mol. The van der Waals surface area contributed by atoms with Gasteiger partial charge in [0.05, 0.1) is 35.6 Å². The van der Waals surface area contributed by atoms with Gasteiger partial charge in [-0.3, -0.25) is 0 Å². The lowest BCUT2D eigenvalue weighted by Crippen LogP contribution is -2.37. The van der Waals surface area contributed by atoms with E-state index in [0.717, 1.165) is 18.9 Å². The lowest BCUT2D eigenvalue weighted by Gasteiger charge is -2.27. The van der Waals surface area contributed by atoms with Crippen LogP contribution in [0.4, 0.5) is 16.3 Å². The summed E-state index contributed by atoms with van der Waals surface area (Å²) in [5.74, 6) is 0.843. The molecule has 9 heteroatoms. The minimum atomic E-state index is -3.20. The van der Waals surface area contributed by atoms with E-state index >= 15 is 0 Å². The summed E-state index contributed by atoms with van der Waals surface area (Å²) in [5, 5.41) is 2.81. The van der Waals surface area contributed by atoms with Gasteiger partial charge in [0.25, 0.3) is 0 Å². The minimum Gasteiger partial charge on any atom is -0.378 e. The number of ether oxygens (including phenoxy) is 1. The zero-order valence-corrected chi connectivity index (χ0v) is 16.1. The summed E-state index contributed by atoms with van der Waals surface area (Å²) in [4.78, 5) is 20.6. The van der Waals surface area contributed by atoms with Gasteiger partial charge in [0, 0.05) is 26.2 Å². The molecule has 144 valence electrons. The molecule has 0 radical (unpaired) electrons. The van der Waals surface area contributed by atoms with Crippen LogP contribution in [-0.2, 0) is 14.6 Å². The monoisotopic (exact) mass is 382 g/mol. The zero-order chi connectivity index (χ0) is 18.8. The predicted molar refractivity (Wildman–Crippen MR) is 100 cm³/mol. The lowest BCUT2D eigenvalue weighted by atomic mass is 10.1. The third-order valence-electron chi connectivity index (χ3n) is 5.08. The Labute approximate surface area is 154 Å². The van der Waals surface area contributed by atoms with Gasteiger partial charge in [-0.15, -0.1) is 0 Å². The first-order valence-corrected chi connectivity index (χ1v) is 10.5. The molecule has 2 amide bonds. The molecule has 0 bridgehead atoms. The summed E-state index contributed by atoms with van der Waals surface area (Å²) >= 11 is 0. The molecular weight excluding hydrogens is 356 g/mol. The van der Waals surface area contributed by atoms with Crippen LogP contribution in [0.25, 0.3) is 0 Å². The molecule has 0 atom stereocenters. The second-order valence-electron chi connectivity index (χ2n) is 7.25. The number of rotatable bonds is 2. The fourth-order valence-corrected chi connectivity index (χ4v) is 4.44. The van der Waals surface area contributed by atoms with E-state index in [1.165, 1.54) is 0 Å². The van der Waals surface area contributed by atoms with Crippen molar-refractivity contribution >= 4 is 27.4 Å². The summed E-state index contributed by atoms with van der Waals surface area (Å²) in [6, 6.07) is 3.39. The number of nitrogens with zero attached hydrogens (tertiary/aromatic N) is 3. The number of pyridine rings is 1. The number of hydrogen-bond donors (Lipinski definition) is 1. The van der Waals surface area contributed by atoms with Crippen LogP contribution in [0.5, 0.6) is 0 Å². The number of anilines is 2. The van der Waals surface area contributed by atoms with Gasteiger partial charge in [-0.1, -0.05) is 0 Å². The predicted octanol–water partition coefficient (Wildman–Crippen LogP) is 1.35. The summed E-state index contributed by atoms with van der Waals surface area (Å²) in [6.07, 6.45) is 2.05. The molecule has 2 saturated heterocycles. The Balaban J connectivity index is 1.61. The molecule has 8 nitrogen and oxygen atoms in total. The molecule has 0 aromatic carbocycles. The first-order valence-electron chi connectivity index (χ1n) is 8.85. The van der Waals surface area contributed by atoms with Crippen molar-refractivity contribution in [2.75, 3.05) is 55.4 Å². The van der Waals surface area contributed by atoms with Crippen molar-refractivity contribution < 1.29 is 17.9 Å². The third kappa shape index (κ3) is 4.09. The summed E-state index contributed by atoms with van der Waals surface area (Å²) in [7, 11) is -3.20. The van der Waals surface area contributed by atoms with Gasteiger partial charge < -0.3 is 19.9 Å². The van der Waals surface area contributed by atoms with E-state index < -0.39 is 14.6 Å². The van der Waals surface area contributed by atoms with Crippen LogP contribution in [0.2, 0.25) is 0 Å². The number of carbonyl (C=O) groups is 1. The van der Waals surface area contributed by atoms with Crippen LogP contribution in [-0.4, -0.2) is 74.2 Å². The van der Waals surface area contributed by atoms with Crippen molar-refractivity contribution in [3.8, 4) is 0 Å². The number of sulfone groups is 1. The highest BCUT2D eigenvalue weighted by Gasteiger charge is 2.38. The molecule has 0 saturated carbocycles. The van der Waals surface area contributed by atoms with Crippen molar-refractivity contribution in [1.82, 2.24) is 9.88 Å². The lowest BCUT2D eigenvalue weighted by molar-refractivity contribution is 0.122. The topological polar surface area (TPSA) is 91.8 Å². The van der Waals surface area contributed by atoms with Gasteiger partial charge in [-0.05, 0) is 32.4 Å². The molecule has 1 aromatic rings. The molecule has 3 heterocycles. The largest absolute Gasteiger partial charge is 0.378 e. The first-order chi connectivity index (χ1) is 12.3. The Morgan fingerprint density at radius 3 is 2.58 bits per heavy atom. The number of morpholine rings is 1. The number of urea groups is 1. The molecule has 1 aromatic heterocycles. The Bertz CT molecular complexity index is 743. The van der Waals surface area contributed by atoms with Gasteiger partial charge in [0.2, 0.25) is 0 Å². The van der Waals surface area contributed by atoms with Crippen LogP contribution in [0.15, 0.2) is 18.3 Å². The first kappa shape index (κ1) is 18.9. The molecule has 26 heavy (non-hydrogen) atoms. The molecule has 3 rings (SSSR count). The molecule has 2 aliphatic heterocycles. The molecule has 2 aliphatic rings. The molecule has 0 aliphatic carbocycles. The van der Waals surface area contributed by atoms with Crippen LogP contribution in [0, 0.1) is 0 Å². The summed E-state index contributed by atoms with van der Waals surface area (Å²) in [6.45, 7) is 7.04. The van der Waals surface area contributed by atoms with Crippen molar-refractivity contribution in [1.29, 1.82) is 0 Å². The molecule has 0 spiro atoms. The van der Waals surface area contributed by atoms with E-state index in [2.05, 4.69) is 15.2 Å². The van der Waals surface area contributed by atoms with Crippen molar-refractivity contribution in [3.05, 3.63) is 18.3 Å². The Hall–Kier alpha value is -1.87. The molecule has 0 unspecified atom stereocenters. The maximum atomic E-state index is 12.5. The third-order valence-corrected chi connectivity index (χ3v) is 7.69. The second-order valence-corrected chi connectivity index (χ2v) is 9.99. The fraction of sp³-hybridized carbons (Fsp3) is 0.647. The standard InChI is InChI=1S/C17H26N4O4S/c1-17(2)5-6-21(9-12-26(17,23)24)16(22)19-14-3-4-15(18-13-14)20-7-10-25-11-8-20/h3-4,13H,5-12H2,1-2H3,(H,19,22). The maximum Gasteiger partial charge on any atom is 0.321 e. The highest BCUT2D eigenvalue weighted by atomic mass is 32.2. The fourth-order valence-electron chi connectivity index (χ4n) is 3.02. The Morgan fingerprint density at radius 1 is 1.19 bits per heavy atom. The smallest absolute Gasteiger partial charge is 0.321 e. The van der Waals surface area contributed by atoms with E-state index in [0.29, 0.717) is 31.9 Å². The molecular formula is C17H26N4O4S. The summed E-state index contributed by atoms with van der Waals surface area (Å²) < 4.78 is 29.0. The zero-order valence-electron chi connectivity index (χ0n) is 15.3. The summed E-state index contributed by atoms with van der Waals surface area (Å²) in [5.41, 5.74) is 0.596. The van der Waals surface area contributed by atoms with Crippen LogP contribution in [0.1, 0.15) is 20.3 Å². The van der Waals surface area contributed by atoms with Crippen molar-refractivity contribution in [2.45, 2.75) is 25.0 Å². The number of hydrogen-bond acceptors (Lipinski definition) is 6. The molecule has 2 fully saturated rings. The Morgan fingerprint density at radius 2 is 1.92 bits per heavy atom. The van der Waals surface area contributed by atoms with E-state index in [1.807, 2.05) is 12.1 Å². The number of aromatic nitrogens is 1. The quantitative estimate of drug-likeness (QED) is 0.830. The van der Waals surface area contributed by atoms with Crippen LogP contribution < -0.4 is 10.2 Å². The number of nitrogens with one attached hydrogen (secondary N) is 1. The van der Waals surface area contributed by atoms with Crippen molar-refractivity contribution in [2.24, 2.45) is 0 Å². The SMILES string of the molecule is CC1(C)CCN(C(=O)Nc2ccc(N3CCOCC3)nc2)CCS1(=O)=O. The van der Waals surface area contributed by atoms with Crippen LogP contribution in [0.3, 0.4) is 0 Å². The molecule has 1 N–H and O–H groups in total. The van der Waals surface area contributed by atoms with Gasteiger partial charge in [-0.2, -0.15) is 0 Å².